The van der Waals surface area contributed by atoms with Gasteiger partial charge in [-0.15, -0.1) is 10.2 Å². The first-order chi connectivity index (χ1) is 9.95. The van der Waals surface area contributed by atoms with Gasteiger partial charge in [0.1, 0.15) is 5.60 Å². The van der Waals surface area contributed by atoms with Gasteiger partial charge in [0, 0.05) is 40.0 Å². The average Bonchev–Trinajstić information content (AvgIpc) is 2.82. The second kappa shape index (κ2) is 6.72. The Kier molecular flexibility index (Phi) is 5.18. The molecule has 120 valence electrons. The van der Waals surface area contributed by atoms with Crippen molar-refractivity contribution in [3.8, 4) is 0 Å². The minimum atomic E-state index is -1.01. The molecular formula is C14H26N4O3. The molecule has 0 amide bonds. The third-order valence-electron chi connectivity index (χ3n) is 3.82. The maximum atomic E-state index is 10.2. The molecule has 2 rings (SSSR count). The minimum absolute atomic E-state index is 0.367. The van der Waals surface area contributed by atoms with E-state index < -0.39 is 5.60 Å². The van der Waals surface area contributed by atoms with E-state index in [1.165, 1.54) is 0 Å². The summed E-state index contributed by atoms with van der Waals surface area (Å²) >= 11 is 0. The lowest BCUT2D eigenvalue weighted by Gasteiger charge is -2.34. The third kappa shape index (κ3) is 3.72. The number of anilines is 1. The Hall–Kier alpha value is -1.18. The zero-order valence-corrected chi connectivity index (χ0v) is 13.4. The molecular weight excluding hydrogens is 272 g/mol. The van der Waals surface area contributed by atoms with Crippen molar-refractivity contribution < 1.29 is 14.6 Å². The van der Waals surface area contributed by atoms with Gasteiger partial charge in [-0.3, -0.25) is 4.57 Å². The molecule has 7 heteroatoms. The number of aliphatic hydroxyl groups is 1. The Labute approximate surface area is 125 Å². The number of hydrogen-bond donors (Lipinski definition) is 1. The maximum Gasteiger partial charge on any atom is 0.227 e. The highest BCUT2D eigenvalue weighted by Crippen LogP contribution is 2.25. The second-order valence-electron chi connectivity index (χ2n) is 5.97. The van der Waals surface area contributed by atoms with E-state index >= 15 is 0 Å². The summed E-state index contributed by atoms with van der Waals surface area (Å²) in [5, 5.41) is 18.6. The fraction of sp³-hybridized carbons (Fsp3) is 0.857. The summed E-state index contributed by atoms with van der Waals surface area (Å²) in [6, 6.07) is 0.367. The molecule has 1 N–H and O–H groups in total. The quantitative estimate of drug-likeness (QED) is 0.832. The van der Waals surface area contributed by atoms with Gasteiger partial charge in [-0.2, -0.15) is 0 Å². The molecule has 0 unspecified atom stereocenters. The standard InChI is InChI=1S/C14H26N4O3/c1-14(2,19)12-15-16-13(17(12)3)18(7-10-20-4)11-5-8-21-9-6-11/h11,19H,5-10H2,1-4H3. The first-order valence-corrected chi connectivity index (χ1v) is 7.40. The van der Waals surface area contributed by atoms with Crippen LogP contribution in [0, 0.1) is 0 Å². The highest BCUT2D eigenvalue weighted by atomic mass is 16.5. The van der Waals surface area contributed by atoms with Gasteiger partial charge in [0.05, 0.1) is 6.61 Å². The largest absolute Gasteiger partial charge is 0.383 e. The molecule has 1 fully saturated rings. The van der Waals surface area contributed by atoms with Crippen molar-refractivity contribution >= 4 is 5.95 Å². The lowest BCUT2D eigenvalue weighted by atomic mass is 10.1. The molecule has 2 heterocycles. The van der Waals surface area contributed by atoms with Crippen LogP contribution in [0.4, 0.5) is 5.95 Å². The van der Waals surface area contributed by atoms with E-state index in [4.69, 9.17) is 9.47 Å². The summed E-state index contributed by atoms with van der Waals surface area (Å²) in [5.74, 6) is 1.34. The second-order valence-corrected chi connectivity index (χ2v) is 5.97. The van der Waals surface area contributed by atoms with Crippen molar-refractivity contribution in [1.29, 1.82) is 0 Å². The maximum absolute atomic E-state index is 10.2. The van der Waals surface area contributed by atoms with Crippen molar-refractivity contribution in [2.24, 2.45) is 7.05 Å². The van der Waals surface area contributed by atoms with E-state index in [0.717, 1.165) is 38.5 Å². The van der Waals surface area contributed by atoms with E-state index in [-0.39, 0.29) is 0 Å². The molecule has 0 saturated carbocycles. The summed E-state index contributed by atoms with van der Waals surface area (Å²) in [4.78, 5) is 2.22. The number of hydrogen-bond acceptors (Lipinski definition) is 6. The van der Waals surface area contributed by atoms with Crippen molar-refractivity contribution in [1.82, 2.24) is 14.8 Å². The fourth-order valence-electron chi connectivity index (χ4n) is 2.74. The Morgan fingerprint density at radius 3 is 2.57 bits per heavy atom. The molecule has 1 aromatic rings. The Balaban J connectivity index is 2.25. The van der Waals surface area contributed by atoms with Crippen LogP contribution in [0.5, 0.6) is 0 Å². The van der Waals surface area contributed by atoms with Crippen molar-refractivity contribution in [2.45, 2.75) is 38.3 Å². The smallest absolute Gasteiger partial charge is 0.227 e. The molecule has 0 bridgehead atoms. The van der Waals surface area contributed by atoms with Crippen LogP contribution in [-0.4, -0.2) is 59.4 Å². The first-order valence-electron chi connectivity index (χ1n) is 7.40. The summed E-state index contributed by atoms with van der Waals surface area (Å²) in [6.45, 7) is 6.35. The fourth-order valence-corrected chi connectivity index (χ4v) is 2.74. The van der Waals surface area contributed by atoms with Gasteiger partial charge in [-0.05, 0) is 26.7 Å². The predicted octanol–water partition coefficient (Wildman–Crippen LogP) is 0.674. The predicted molar refractivity (Wildman–Crippen MR) is 79.3 cm³/mol. The topological polar surface area (TPSA) is 72.6 Å². The van der Waals surface area contributed by atoms with Gasteiger partial charge < -0.3 is 19.5 Å². The van der Waals surface area contributed by atoms with E-state index in [2.05, 4.69) is 15.1 Å². The van der Waals surface area contributed by atoms with Gasteiger partial charge >= 0.3 is 0 Å². The van der Waals surface area contributed by atoms with E-state index in [9.17, 15) is 5.11 Å². The molecule has 0 aromatic carbocycles. The van der Waals surface area contributed by atoms with Gasteiger partial charge in [-0.25, -0.2) is 0 Å². The van der Waals surface area contributed by atoms with Gasteiger partial charge in [0.2, 0.25) is 5.95 Å². The Bertz CT molecular complexity index is 450. The molecule has 7 nitrogen and oxygen atoms in total. The number of methoxy groups -OCH3 is 1. The average molecular weight is 298 g/mol. The molecule has 1 aliphatic heterocycles. The molecule has 1 saturated heterocycles. The van der Waals surface area contributed by atoms with Crippen LogP contribution in [0.2, 0.25) is 0 Å². The van der Waals surface area contributed by atoms with Crippen LogP contribution in [0.1, 0.15) is 32.5 Å². The molecule has 0 aliphatic carbocycles. The summed E-state index contributed by atoms with van der Waals surface area (Å²) in [7, 11) is 3.59. The molecule has 0 atom stereocenters. The van der Waals surface area contributed by atoms with Gasteiger partial charge in [0.25, 0.3) is 0 Å². The lowest BCUT2D eigenvalue weighted by Crippen LogP contribution is -2.43. The monoisotopic (exact) mass is 298 g/mol. The van der Waals surface area contributed by atoms with Crippen molar-refractivity contribution in [3.63, 3.8) is 0 Å². The Morgan fingerprint density at radius 2 is 2.05 bits per heavy atom. The zero-order chi connectivity index (χ0) is 15.5. The van der Waals surface area contributed by atoms with Gasteiger partial charge in [-0.1, -0.05) is 0 Å². The first kappa shape index (κ1) is 16.2. The summed E-state index contributed by atoms with van der Waals surface area (Å²) in [5.41, 5.74) is -1.01. The molecule has 0 radical (unpaired) electrons. The zero-order valence-electron chi connectivity index (χ0n) is 13.4. The van der Waals surface area contributed by atoms with Crippen molar-refractivity contribution in [2.75, 3.05) is 38.4 Å². The minimum Gasteiger partial charge on any atom is -0.383 e. The highest BCUT2D eigenvalue weighted by molar-refractivity contribution is 5.34. The van der Waals surface area contributed by atoms with Gasteiger partial charge in [0.15, 0.2) is 5.82 Å². The van der Waals surface area contributed by atoms with Crippen molar-refractivity contribution in [3.05, 3.63) is 5.82 Å². The van der Waals surface area contributed by atoms with Crippen LogP contribution in [0.25, 0.3) is 0 Å². The highest BCUT2D eigenvalue weighted by Gasteiger charge is 2.29. The molecule has 0 spiro atoms. The van der Waals surface area contributed by atoms with Crippen LogP contribution < -0.4 is 4.90 Å². The SMILES string of the molecule is COCCN(c1nnc(C(C)(C)O)n1C)C1CCOCC1. The number of ether oxygens (including phenoxy) is 2. The van der Waals surface area contributed by atoms with Crippen LogP contribution in [-0.2, 0) is 22.1 Å². The number of aromatic nitrogens is 3. The molecule has 1 aliphatic rings. The van der Waals surface area contributed by atoms with E-state index in [1.807, 2.05) is 11.6 Å². The molecule has 1 aromatic heterocycles. The van der Waals surface area contributed by atoms with Crippen LogP contribution in [0.15, 0.2) is 0 Å². The Morgan fingerprint density at radius 1 is 1.38 bits per heavy atom. The molecule has 21 heavy (non-hydrogen) atoms. The summed E-state index contributed by atoms with van der Waals surface area (Å²) < 4.78 is 12.5. The van der Waals surface area contributed by atoms with Crippen LogP contribution in [0.3, 0.4) is 0 Å². The normalized spacial score (nSPS) is 17.2. The summed E-state index contributed by atoms with van der Waals surface area (Å²) in [6.07, 6.45) is 1.93. The van der Waals surface area contributed by atoms with E-state index in [0.29, 0.717) is 18.5 Å². The third-order valence-corrected chi connectivity index (χ3v) is 3.82. The van der Waals surface area contributed by atoms with E-state index in [1.54, 1.807) is 21.0 Å². The number of rotatable bonds is 6. The number of nitrogens with zero attached hydrogens (tertiary/aromatic N) is 4. The van der Waals surface area contributed by atoms with Crippen LogP contribution >= 0.6 is 0 Å². The lowest BCUT2D eigenvalue weighted by molar-refractivity contribution is 0.0652.